The zero-order valence-electron chi connectivity index (χ0n) is 9.81. The second kappa shape index (κ2) is 5.37. The first-order chi connectivity index (χ1) is 8.78. The van der Waals surface area contributed by atoms with Gasteiger partial charge in [0.25, 0.3) is 0 Å². The van der Waals surface area contributed by atoms with Gasteiger partial charge in [-0.25, -0.2) is 11.1 Å². The van der Waals surface area contributed by atoms with Gasteiger partial charge in [0.15, 0.2) is 5.56 Å². The number of hydrogen-bond donors (Lipinski definition) is 2. The van der Waals surface area contributed by atoms with E-state index in [0.29, 0.717) is 17.0 Å². The smallest absolute Gasteiger partial charge is 0.425 e. The van der Waals surface area contributed by atoms with Crippen LogP contribution in [0.15, 0.2) is 35.1 Å². The Bertz CT molecular complexity index is 755. The van der Waals surface area contributed by atoms with Crippen molar-refractivity contribution in [2.45, 2.75) is 0 Å². The van der Waals surface area contributed by atoms with Gasteiger partial charge in [0, 0.05) is 0 Å². The fourth-order valence-corrected chi connectivity index (χ4v) is 1.80. The van der Waals surface area contributed by atoms with E-state index in [4.69, 9.17) is 6.58 Å². The summed E-state index contributed by atoms with van der Waals surface area (Å²) in [6, 6.07) is 9.25. The van der Waals surface area contributed by atoms with Crippen LogP contribution >= 0.6 is 0 Å². The first-order valence-corrected chi connectivity index (χ1v) is 5.43. The first kappa shape index (κ1) is 13.5. The van der Waals surface area contributed by atoms with Gasteiger partial charge in [-0.3, -0.25) is 5.56 Å². The quantitative estimate of drug-likeness (QED) is 0.626. The molecule has 0 atom stereocenters. The van der Waals surface area contributed by atoms with Crippen LogP contribution < -0.4 is 5.56 Å². The fraction of sp³-hybridized carbons (Fsp3) is 0. The number of imidazole rings is 1. The third-order valence-electron chi connectivity index (χ3n) is 2.69. The van der Waals surface area contributed by atoms with E-state index in [2.05, 4.69) is 21.1 Å². The third-order valence-corrected chi connectivity index (χ3v) is 2.69. The number of rotatable bonds is 2. The van der Waals surface area contributed by atoms with Gasteiger partial charge in [0.2, 0.25) is 0 Å². The maximum Gasteiger partial charge on any atom is 2.00 e. The summed E-state index contributed by atoms with van der Waals surface area (Å²) >= 11 is 0. The van der Waals surface area contributed by atoms with Crippen LogP contribution in [0.2, 0.25) is 0 Å². The van der Waals surface area contributed by atoms with Gasteiger partial charge in [0.05, 0.1) is 11.0 Å². The van der Waals surface area contributed by atoms with Crippen molar-refractivity contribution in [1.82, 2.24) is 15.0 Å². The summed E-state index contributed by atoms with van der Waals surface area (Å²) in [5.74, 6) is 0.523. The maximum absolute atomic E-state index is 11.8. The average Bonchev–Trinajstić information content (AvgIpc) is 2.82. The van der Waals surface area contributed by atoms with Gasteiger partial charge in [-0.1, -0.05) is 12.1 Å². The van der Waals surface area contributed by atoms with Crippen LogP contribution in [0, 0.1) is 12.8 Å². The van der Waals surface area contributed by atoms with E-state index >= 15 is 0 Å². The molecule has 0 fully saturated rings. The van der Waals surface area contributed by atoms with E-state index in [1.165, 1.54) is 6.08 Å². The van der Waals surface area contributed by atoms with E-state index in [-0.39, 0.29) is 26.6 Å². The zero-order valence-corrected chi connectivity index (χ0v) is 12.7. The largest absolute Gasteiger partial charge is 2.00 e. The van der Waals surface area contributed by atoms with Gasteiger partial charge >= 0.3 is 21.1 Å². The van der Waals surface area contributed by atoms with Gasteiger partial charge in [-0.05, 0) is 17.7 Å². The molecule has 0 unspecified atom stereocenters. The van der Waals surface area contributed by atoms with E-state index in [9.17, 15) is 4.79 Å². The predicted octanol–water partition coefficient (Wildman–Crippen LogP) is 2.16. The monoisotopic (exact) mass is 419 g/mol. The minimum atomic E-state index is -0.250. The molecule has 0 radical (unpaired) electrons. The van der Waals surface area contributed by atoms with Crippen LogP contribution in [0.3, 0.4) is 0 Å². The number of nitrogens with zero attached hydrogens (tertiary/aromatic N) is 1. The SMILES string of the molecule is [CH-]=Cc1[c-][nH]c(=O)c(-c2nc3ccccc3[nH]2)c1.[W+2]. The van der Waals surface area contributed by atoms with Crippen LogP contribution in [-0.4, -0.2) is 15.0 Å². The minimum Gasteiger partial charge on any atom is -0.425 e. The average molecular weight is 419 g/mol. The van der Waals surface area contributed by atoms with Crippen molar-refractivity contribution in [3.8, 4) is 11.4 Å². The Morgan fingerprint density at radius 3 is 2.84 bits per heavy atom. The van der Waals surface area contributed by atoms with Crippen molar-refractivity contribution in [3.63, 3.8) is 0 Å². The van der Waals surface area contributed by atoms with Crippen molar-refractivity contribution in [2.75, 3.05) is 0 Å². The number of nitrogens with one attached hydrogen (secondary N) is 2. The number of aromatic nitrogens is 3. The molecule has 0 aliphatic carbocycles. The van der Waals surface area contributed by atoms with Gasteiger partial charge in [0.1, 0.15) is 5.82 Å². The van der Waals surface area contributed by atoms with Crippen molar-refractivity contribution in [2.24, 2.45) is 0 Å². The molecule has 3 rings (SSSR count). The molecule has 4 nitrogen and oxygen atoms in total. The van der Waals surface area contributed by atoms with Gasteiger partial charge in [-0.2, -0.15) is 6.20 Å². The number of fused-ring (bicyclic) bond motifs is 1. The normalized spacial score (nSPS) is 10.1. The molecular weight excluding hydrogens is 410 g/mol. The van der Waals surface area contributed by atoms with E-state index in [1.807, 2.05) is 24.3 Å². The van der Waals surface area contributed by atoms with Crippen LogP contribution in [-0.2, 0) is 21.1 Å². The fourth-order valence-electron chi connectivity index (χ4n) is 1.80. The van der Waals surface area contributed by atoms with E-state index in [0.717, 1.165) is 11.0 Å². The predicted molar refractivity (Wildman–Crippen MR) is 69.8 cm³/mol. The molecule has 0 amide bonds. The van der Waals surface area contributed by atoms with E-state index < -0.39 is 0 Å². The summed E-state index contributed by atoms with van der Waals surface area (Å²) in [5, 5.41) is 0. The molecule has 0 bridgehead atoms. The number of hydrogen-bond acceptors (Lipinski definition) is 2. The Kier molecular flexibility index (Phi) is 3.81. The van der Waals surface area contributed by atoms with Crippen molar-refractivity contribution in [3.05, 3.63) is 59.0 Å². The summed E-state index contributed by atoms with van der Waals surface area (Å²) in [5.41, 5.74) is 2.52. The molecule has 0 saturated carbocycles. The van der Waals surface area contributed by atoms with Crippen LogP contribution in [0.25, 0.3) is 28.5 Å². The molecule has 1 aromatic carbocycles. The Morgan fingerprint density at radius 2 is 2.11 bits per heavy atom. The molecule has 92 valence electrons. The Labute approximate surface area is 123 Å². The molecule has 19 heavy (non-hydrogen) atoms. The second-order valence-electron chi connectivity index (χ2n) is 3.86. The molecule has 3 aromatic rings. The number of H-pyrrole nitrogens is 2. The molecule has 2 aromatic heterocycles. The Morgan fingerprint density at radius 1 is 1.32 bits per heavy atom. The number of pyridine rings is 1. The van der Waals surface area contributed by atoms with Crippen LogP contribution in [0.1, 0.15) is 5.56 Å². The first-order valence-electron chi connectivity index (χ1n) is 5.43. The molecule has 0 aliphatic rings. The van der Waals surface area contributed by atoms with Crippen LogP contribution in [0.4, 0.5) is 0 Å². The minimum absolute atomic E-state index is 0. The molecule has 2 heterocycles. The summed E-state index contributed by atoms with van der Waals surface area (Å²) in [6.07, 6.45) is 4.05. The van der Waals surface area contributed by atoms with Gasteiger partial charge in [-0.15, -0.1) is 0 Å². The maximum atomic E-state index is 11.8. The van der Waals surface area contributed by atoms with Gasteiger partial charge < -0.3 is 27.4 Å². The molecule has 0 saturated heterocycles. The summed E-state index contributed by atoms with van der Waals surface area (Å²) in [6.45, 7) is 5.41. The summed E-state index contributed by atoms with van der Waals surface area (Å²) in [4.78, 5) is 21.8. The zero-order chi connectivity index (χ0) is 12.5. The Balaban J connectivity index is 0.00000133. The second-order valence-corrected chi connectivity index (χ2v) is 3.86. The summed E-state index contributed by atoms with van der Waals surface area (Å²) in [7, 11) is 0. The summed E-state index contributed by atoms with van der Waals surface area (Å²) < 4.78 is 0. The molecule has 0 spiro atoms. The Hall–Kier alpha value is -1.93. The molecule has 0 aliphatic heterocycles. The standard InChI is InChI=1S/C14H9N3O.W/c1-2-9-7-10(14(18)15-8-9)13-16-11-5-3-4-6-12(11)17-13;/h1-7H,(H,15,18)(H,16,17);/q-2;+2. The number of aromatic amines is 2. The number of para-hydroxylation sites is 2. The van der Waals surface area contributed by atoms with Crippen molar-refractivity contribution < 1.29 is 21.1 Å². The van der Waals surface area contributed by atoms with Crippen molar-refractivity contribution >= 4 is 17.1 Å². The molecule has 2 N–H and O–H groups in total. The number of benzene rings is 1. The topological polar surface area (TPSA) is 61.5 Å². The molecular formula is C14H9N3OW. The van der Waals surface area contributed by atoms with Crippen LogP contribution in [0.5, 0.6) is 0 Å². The van der Waals surface area contributed by atoms with E-state index in [1.54, 1.807) is 6.07 Å². The molecule has 5 heteroatoms. The third kappa shape index (κ3) is 2.44. The van der Waals surface area contributed by atoms with Crippen molar-refractivity contribution in [1.29, 1.82) is 0 Å².